The second-order valence-electron chi connectivity index (χ2n) is 5.11. The first kappa shape index (κ1) is 17.1. The number of quaternary nitrogens is 1. The maximum atomic E-state index is 11.8. The summed E-state index contributed by atoms with van der Waals surface area (Å²) in [5.74, 6) is 0.474. The third-order valence-corrected chi connectivity index (χ3v) is 3.76. The van der Waals surface area contributed by atoms with Gasteiger partial charge in [-0.25, -0.2) is 19.9 Å². The Hall–Kier alpha value is -2.72. The zero-order valence-electron chi connectivity index (χ0n) is 12.8. The average molecular weight is 365 g/mol. The van der Waals surface area contributed by atoms with Gasteiger partial charge in [0.15, 0.2) is 5.69 Å². The summed E-state index contributed by atoms with van der Waals surface area (Å²) in [7, 11) is 0. The van der Waals surface area contributed by atoms with Gasteiger partial charge in [0.2, 0.25) is 0 Å². The van der Waals surface area contributed by atoms with Crippen LogP contribution in [0.3, 0.4) is 0 Å². The van der Waals surface area contributed by atoms with Crippen molar-refractivity contribution in [1.29, 1.82) is 0 Å². The van der Waals surface area contributed by atoms with Crippen LogP contribution < -0.4 is 5.23 Å². The van der Waals surface area contributed by atoms with Gasteiger partial charge in [-0.05, 0) is 24.3 Å². The van der Waals surface area contributed by atoms with Crippen LogP contribution in [0.25, 0.3) is 11.3 Å². The first-order valence-electron chi connectivity index (χ1n) is 7.15. The number of alkyl halides is 1. The lowest BCUT2D eigenvalue weighted by atomic mass is 10.1. The van der Waals surface area contributed by atoms with E-state index in [4.69, 9.17) is 21.2 Å². The van der Waals surface area contributed by atoms with Crippen molar-refractivity contribution in [3.05, 3.63) is 47.4 Å². The lowest BCUT2D eigenvalue weighted by Gasteiger charge is -2.11. The number of halogens is 1. The number of rotatable bonds is 5. The van der Waals surface area contributed by atoms with Gasteiger partial charge in [0, 0.05) is 17.7 Å². The summed E-state index contributed by atoms with van der Waals surface area (Å²) in [4.78, 5) is 24.3. The highest BCUT2D eigenvalue weighted by Crippen LogP contribution is 2.22. The number of carbonyl (C=O) groups excluding carboxylic acids is 2. The third-order valence-electron chi connectivity index (χ3n) is 3.52. The number of imide groups is 1. The molecule has 2 aromatic rings. The lowest BCUT2D eigenvalue weighted by molar-refractivity contribution is -0.991. The molecular weight excluding hydrogens is 352 g/mol. The van der Waals surface area contributed by atoms with Gasteiger partial charge in [-0.15, -0.1) is 11.6 Å². The molecule has 0 aliphatic carbocycles. The van der Waals surface area contributed by atoms with E-state index in [1.165, 1.54) is 18.3 Å². The largest absolute Gasteiger partial charge is 0.595 e. The first-order chi connectivity index (χ1) is 12.0. The Balaban J connectivity index is 1.71. The number of furan rings is 1. The number of benzene rings is 1. The molecule has 1 aromatic carbocycles. The minimum atomic E-state index is -1.00. The van der Waals surface area contributed by atoms with Crippen molar-refractivity contribution in [2.45, 2.75) is 0 Å². The molecule has 10 heteroatoms. The topological polar surface area (TPSA) is 114 Å². The summed E-state index contributed by atoms with van der Waals surface area (Å²) in [6.45, 7) is -0.174. The van der Waals surface area contributed by atoms with Gasteiger partial charge in [0.25, 0.3) is 5.91 Å². The maximum Gasteiger partial charge on any atom is 0.348 e. The molecule has 2 N–H and O–H groups in total. The Kier molecular flexibility index (Phi) is 4.81. The number of urea groups is 1. The second kappa shape index (κ2) is 7.03. The Bertz CT molecular complexity index is 818. The summed E-state index contributed by atoms with van der Waals surface area (Å²) in [6, 6.07) is 8.74. The van der Waals surface area contributed by atoms with E-state index in [1.807, 2.05) is 0 Å². The van der Waals surface area contributed by atoms with Crippen molar-refractivity contribution in [3.63, 3.8) is 0 Å². The van der Waals surface area contributed by atoms with Crippen molar-refractivity contribution >= 4 is 35.4 Å². The third kappa shape index (κ3) is 3.54. The molecule has 1 fully saturated rings. The van der Waals surface area contributed by atoms with Crippen LogP contribution in [0.4, 0.5) is 10.5 Å². The number of amides is 3. The molecule has 1 aliphatic rings. The summed E-state index contributed by atoms with van der Waals surface area (Å²) in [6.07, 6.45) is 1.32. The normalized spacial score (nSPS) is 16.3. The van der Waals surface area contributed by atoms with Gasteiger partial charge in [0.1, 0.15) is 24.1 Å². The number of hydrazone groups is 1. The van der Waals surface area contributed by atoms with Crippen LogP contribution in [-0.2, 0) is 4.79 Å². The SMILES string of the molecule is O=C1CN(/N=C/c2ccc(-c3ccc([NH+]([O-])O)cc3)o2)C(=O)N1CCl. The molecule has 0 radical (unpaired) electrons. The van der Waals surface area contributed by atoms with Crippen LogP contribution >= 0.6 is 11.6 Å². The highest BCUT2D eigenvalue weighted by Gasteiger charge is 2.35. The minimum absolute atomic E-state index is 0.174. The average Bonchev–Trinajstić information content (AvgIpc) is 3.17. The van der Waals surface area contributed by atoms with E-state index in [-0.39, 0.29) is 18.2 Å². The van der Waals surface area contributed by atoms with Crippen molar-refractivity contribution in [2.24, 2.45) is 5.10 Å². The Morgan fingerprint density at radius 1 is 1.28 bits per heavy atom. The molecule has 1 aromatic heterocycles. The fraction of sp³-hybridized carbons (Fsp3) is 0.133. The molecule has 0 spiro atoms. The van der Waals surface area contributed by atoms with Gasteiger partial charge in [-0.3, -0.25) is 4.79 Å². The number of nitrogens with zero attached hydrogens (tertiary/aromatic N) is 3. The molecule has 1 aliphatic heterocycles. The van der Waals surface area contributed by atoms with E-state index in [2.05, 4.69) is 5.10 Å². The van der Waals surface area contributed by atoms with Gasteiger partial charge in [-0.2, -0.15) is 10.3 Å². The smallest absolute Gasteiger partial charge is 0.348 e. The summed E-state index contributed by atoms with van der Waals surface area (Å²) in [5.41, 5.74) is 0.878. The lowest BCUT2D eigenvalue weighted by Crippen LogP contribution is -2.99. The van der Waals surface area contributed by atoms with Gasteiger partial charge >= 0.3 is 6.03 Å². The van der Waals surface area contributed by atoms with E-state index in [1.54, 1.807) is 24.3 Å². The van der Waals surface area contributed by atoms with E-state index in [9.17, 15) is 14.8 Å². The Morgan fingerprint density at radius 2 is 2.00 bits per heavy atom. The number of carbonyl (C=O) groups is 2. The number of hydrogen-bond donors (Lipinski definition) is 2. The van der Waals surface area contributed by atoms with E-state index < -0.39 is 17.2 Å². The molecule has 25 heavy (non-hydrogen) atoms. The van der Waals surface area contributed by atoms with E-state index >= 15 is 0 Å². The number of nitrogens with one attached hydrogen (secondary N) is 1. The summed E-state index contributed by atoms with van der Waals surface area (Å²) >= 11 is 5.53. The van der Waals surface area contributed by atoms with Gasteiger partial charge < -0.3 is 9.62 Å². The van der Waals surface area contributed by atoms with Crippen LogP contribution in [0.5, 0.6) is 0 Å². The highest BCUT2D eigenvalue weighted by molar-refractivity contribution is 6.21. The molecule has 130 valence electrons. The molecule has 9 nitrogen and oxygen atoms in total. The van der Waals surface area contributed by atoms with Crippen LogP contribution in [0, 0.1) is 5.21 Å². The first-order valence-corrected chi connectivity index (χ1v) is 7.68. The van der Waals surface area contributed by atoms with Crippen LogP contribution in [0.1, 0.15) is 5.76 Å². The quantitative estimate of drug-likeness (QED) is 0.271. The fourth-order valence-corrected chi connectivity index (χ4v) is 2.45. The van der Waals surface area contributed by atoms with E-state index in [0.717, 1.165) is 9.91 Å². The molecule has 1 saturated heterocycles. The second-order valence-corrected chi connectivity index (χ2v) is 5.35. The molecule has 1 atom stereocenters. The van der Waals surface area contributed by atoms with Crippen molar-refractivity contribution in [3.8, 4) is 11.3 Å². The number of hydrogen-bond acceptors (Lipinski definition) is 6. The monoisotopic (exact) mass is 364 g/mol. The Labute approximate surface area is 146 Å². The zero-order chi connectivity index (χ0) is 18.0. The van der Waals surface area contributed by atoms with Crippen LogP contribution in [-0.4, -0.2) is 45.8 Å². The standard InChI is InChI=1S/C15H13ClN4O5/c16-9-18-14(21)8-19(15(18)22)17-7-12-5-6-13(25-12)10-1-3-11(4-2-10)20(23)24/h1-7,20,23H,8-9H2/b17-7+. The van der Waals surface area contributed by atoms with Crippen LogP contribution in [0.2, 0.25) is 0 Å². The Morgan fingerprint density at radius 3 is 2.60 bits per heavy atom. The molecule has 2 heterocycles. The van der Waals surface area contributed by atoms with Gasteiger partial charge in [0.05, 0.1) is 6.21 Å². The molecule has 3 amide bonds. The maximum absolute atomic E-state index is 11.8. The van der Waals surface area contributed by atoms with Crippen molar-refractivity contribution < 1.29 is 24.4 Å². The van der Waals surface area contributed by atoms with Gasteiger partial charge in [-0.1, -0.05) is 0 Å². The summed E-state index contributed by atoms with van der Waals surface area (Å²) in [5, 5.41) is 23.7. The minimum Gasteiger partial charge on any atom is -0.595 e. The zero-order valence-corrected chi connectivity index (χ0v) is 13.5. The van der Waals surface area contributed by atoms with Crippen LogP contribution in [0.15, 0.2) is 45.9 Å². The molecule has 1 unspecified atom stereocenters. The molecular formula is C15H13ClN4O5. The summed E-state index contributed by atoms with van der Waals surface area (Å²) < 4.78 is 5.59. The highest BCUT2D eigenvalue weighted by atomic mass is 35.5. The molecule has 0 bridgehead atoms. The van der Waals surface area contributed by atoms with Crippen molar-refractivity contribution in [1.82, 2.24) is 9.91 Å². The van der Waals surface area contributed by atoms with Crippen molar-refractivity contribution in [2.75, 3.05) is 12.5 Å². The van der Waals surface area contributed by atoms with E-state index in [0.29, 0.717) is 17.1 Å². The molecule has 3 rings (SSSR count). The molecule has 0 saturated carbocycles. The predicted octanol–water partition coefficient (Wildman–Crippen LogP) is 1.14. The fourth-order valence-electron chi connectivity index (χ4n) is 2.22. The predicted molar refractivity (Wildman–Crippen MR) is 87.2 cm³/mol.